The topological polar surface area (TPSA) is 78.4 Å². The van der Waals surface area contributed by atoms with Gasteiger partial charge in [0.05, 0.1) is 11.3 Å². The molecule has 3 N–H and O–H groups in total. The Morgan fingerprint density at radius 2 is 1.65 bits per heavy atom. The number of benzene rings is 2. The molecule has 2 aromatic rings. The minimum Gasteiger partial charge on any atom is -0.506 e. The fraction of sp³-hybridized carbons (Fsp3) is 0. The Hall–Kier alpha value is -2.89. The highest BCUT2D eigenvalue weighted by Gasteiger charge is 2.14. The average molecular weight is 274 g/mol. The maximum Gasteiger partial charge on any atom is 0.326 e. The number of hydrogen-bond acceptors (Lipinski definition) is 3. The highest BCUT2D eigenvalue weighted by Crippen LogP contribution is 2.21. The number of phenols is 1. The van der Waals surface area contributed by atoms with Gasteiger partial charge in [-0.2, -0.15) is 0 Å². The fourth-order valence-corrected chi connectivity index (χ4v) is 1.55. The number of imide groups is 1. The van der Waals surface area contributed by atoms with Gasteiger partial charge < -0.3 is 10.4 Å². The third-order valence-corrected chi connectivity index (χ3v) is 2.50. The summed E-state index contributed by atoms with van der Waals surface area (Å²) in [6.45, 7) is 0. The fourth-order valence-electron chi connectivity index (χ4n) is 1.55. The number of carbonyl (C=O) groups excluding carboxylic acids is 2. The van der Waals surface area contributed by atoms with Crippen LogP contribution in [0, 0.1) is 5.82 Å². The van der Waals surface area contributed by atoms with Gasteiger partial charge in [-0.25, -0.2) is 9.18 Å². The van der Waals surface area contributed by atoms with Gasteiger partial charge in [0.25, 0.3) is 5.91 Å². The maximum absolute atomic E-state index is 13.3. The Morgan fingerprint density at radius 3 is 2.35 bits per heavy atom. The van der Waals surface area contributed by atoms with E-state index in [1.165, 1.54) is 30.3 Å². The van der Waals surface area contributed by atoms with E-state index in [2.05, 4.69) is 5.32 Å². The summed E-state index contributed by atoms with van der Waals surface area (Å²) in [5, 5.41) is 13.7. The van der Waals surface area contributed by atoms with Crippen molar-refractivity contribution in [1.82, 2.24) is 5.32 Å². The van der Waals surface area contributed by atoms with Gasteiger partial charge in [0.15, 0.2) is 0 Å². The van der Waals surface area contributed by atoms with Crippen LogP contribution < -0.4 is 10.6 Å². The molecule has 0 fully saturated rings. The predicted molar refractivity (Wildman–Crippen MR) is 71.0 cm³/mol. The van der Waals surface area contributed by atoms with E-state index < -0.39 is 17.8 Å². The van der Waals surface area contributed by atoms with Crippen molar-refractivity contribution in [3.8, 4) is 5.75 Å². The Bertz CT molecular complexity index is 658. The van der Waals surface area contributed by atoms with Crippen LogP contribution in [0.25, 0.3) is 0 Å². The van der Waals surface area contributed by atoms with Crippen LogP contribution in [-0.4, -0.2) is 17.0 Å². The summed E-state index contributed by atoms with van der Waals surface area (Å²) >= 11 is 0. The lowest BCUT2D eigenvalue weighted by atomic mass is 10.2. The first-order valence-corrected chi connectivity index (χ1v) is 5.73. The molecular weight excluding hydrogens is 263 g/mol. The summed E-state index contributed by atoms with van der Waals surface area (Å²) < 4.78 is 13.3. The summed E-state index contributed by atoms with van der Waals surface area (Å²) in [4.78, 5) is 23.3. The molecule has 2 aromatic carbocycles. The van der Waals surface area contributed by atoms with E-state index in [-0.39, 0.29) is 17.0 Å². The van der Waals surface area contributed by atoms with Gasteiger partial charge in [0.2, 0.25) is 0 Å². The van der Waals surface area contributed by atoms with Crippen LogP contribution in [0.15, 0.2) is 48.5 Å². The van der Waals surface area contributed by atoms with Crippen LogP contribution in [0.1, 0.15) is 10.4 Å². The van der Waals surface area contributed by atoms with Crippen molar-refractivity contribution < 1.29 is 19.1 Å². The van der Waals surface area contributed by atoms with Crippen LogP contribution in [0.3, 0.4) is 0 Å². The molecule has 0 spiro atoms. The minimum absolute atomic E-state index is 0.138. The van der Waals surface area contributed by atoms with Crippen molar-refractivity contribution in [2.75, 3.05) is 5.32 Å². The minimum atomic E-state index is -0.865. The molecule has 6 heteroatoms. The molecule has 0 atom stereocenters. The zero-order valence-corrected chi connectivity index (χ0v) is 10.3. The number of para-hydroxylation sites is 2. The molecule has 0 aliphatic carbocycles. The van der Waals surface area contributed by atoms with Crippen molar-refractivity contribution in [3.63, 3.8) is 0 Å². The molecule has 0 saturated heterocycles. The lowest BCUT2D eigenvalue weighted by molar-refractivity contribution is 0.0963. The highest BCUT2D eigenvalue weighted by atomic mass is 19.1. The Kier molecular flexibility index (Phi) is 3.95. The number of nitrogens with one attached hydrogen (secondary N) is 2. The highest BCUT2D eigenvalue weighted by molar-refractivity contribution is 6.08. The van der Waals surface area contributed by atoms with Crippen molar-refractivity contribution in [1.29, 1.82) is 0 Å². The molecule has 0 bridgehead atoms. The number of halogens is 1. The monoisotopic (exact) mass is 274 g/mol. The standard InChI is InChI=1S/C14H11FN2O3/c15-10-6-2-1-5-9(10)13(19)17-14(20)16-11-7-3-4-8-12(11)18/h1-8,18H,(H2,16,17,19,20). The molecule has 2 rings (SSSR count). The first-order valence-electron chi connectivity index (χ1n) is 5.73. The van der Waals surface area contributed by atoms with Crippen molar-refractivity contribution >= 4 is 17.6 Å². The molecule has 0 aliphatic rings. The number of phenolic OH excluding ortho intramolecular Hbond substituents is 1. The summed E-state index contributed by atoms with van der Waals surface area (Å²) in [7, 11) is 0. The molecule has 0 saturated carbocycles. The quantitative estimate of drug-likeness (QED) is 0.736. The van der Waals surface area contributed by atoms with Crippen LogP contribution in [0.2, 0.25) is 0 Å². The van der Waals surface area contributed by atoms with Crippen molar-refractivity contribution in [2.45, 2.75) is 0 Å². The zero-order chi connectivity index (χ0) is 14.5. The second-order valence-corrected chi connectivity index (χ2v) is 3.91. The SMILES string of the molecule is O=C(NC(=O)c1ccccc1F)Nc1ccccc1O. The number of anilines is 1. The zero-order valence-electron chi connectivity index (χ0n) is 10.3. The number of carbonyl (C=O) groups is 2. The Balaban J connectivity index is 2.04. The van der Waals surface area contributed by atoms with Crippen LogP contribution >= 0.6 is 0 Å². The van der Waals surface area contributed by atoms with Crippen molar-refractivity contribution in [2.24, 2.45) is 0 Å². The summed E-state index contributed by atoms with van der Waals surface area (Å²) in [6, 6.07) is 10.5. The molecule has 3 amide bonds. The second-order valence-electron chi connectivity index (χ2n) is 3.91. The van der Waals surface area contributed by atoms with Gasteiger partial charge in [-0.1, -0.05) is 24.3 Å². The summed E-state index contributed by atoms with van der Waals surface area (Å²) in [5.41, 5.74) is -0.0914. The average Bonchev–Trinajstić information content (AvgIpc) is 2.41. The van der Waals surface area contributed by atoms with Crippen LogP contribution in [-0.2, 0) is 0 Å². The predicted octanol–water partition coefficient (Wildman–Crippen LogP) is 2.49. The van der Waals surface area contributed by atoms with E-state index in [0.29, 0.717) is 0 Å². The van der Waals surface area contributed by atoms with Gasteiger partial charge in [-0.05, 0) is 24.3 Å². The number of aromatic hydroxyl groups is 1. The smallest absolute Gasteiger partial charge is 0.326 e. The number of rotatable bonds is 2. The number of amides is 3. The van der Waals surface area contributed by atoms with Crippen LogP contribution in [0.4, 0.5) is 14.9 Å². The molecule has 102 valence electrons. The van der Waals surface area contributed by atoms with E-state index in [1.807, 2.05) is 5.32 Å². The first-order chi connectivity index (χ1) is 9.58. The van der Waals surface area contributed by atoms with Gasteiger partial charge in [-0.3, -0.25) is 10.1 Å². The molecule has 5 nitrogen and oxygen atoms in total. The Morgan fingerprint density at radius 1 is 1.00 bits per heavy atom. The van der Waals surface area contributed by atoms with Gasteiger partial charge in [0.1, 0.15) is 11.6 Å². The van der Waals surface area contributed by atoms with E-state index in [4.69, 9.17) is 0 Å². The largest absolute Gasteiger partial charge is 0.506 e. The summed E-state index contributed by atoms with van der Waals surface area (Å²) in [5.74, 6) is -1.72. The first kappa shape index (κ1) is 13.5. The molecular formula is C14H11FN2O3. The normalized spacial score (nSPS) is 9.85. The number of urea groups is 1. The van der Waals surface area contributed by atoms with E-state index in [9.17, 15) is 19.1 Å². The molecule has 0 heterocycles. The molecule has 0 radical (unpaired) electrons. The third kappa shape index (κ3) is 3.11. The molecule has 0 unspecified atom stereocenters. The molecule has 0 aromatic heterocycles. The van der Waals surface area contributed by atoms with Gasteiger partial charge in [0, 0.05) is 0 Å². The lowest BCUT2D eigenvalue weighted by Crippen LogP contribution is -2.34. The summed E-state index contributed by atoms with van der Waals surface area (Å²) in [6.07, 6.45) is 0. The van der Waals surface area contributed by atoms with Gasteiger partial charge in [-0.15, -0.1) is 0 Å². The Labute approximate surface area is 114 Å². The van der Waals surface area contributed by atoms with Crippen LogP contribution in [0.5, 0.6) is 5.75 Å². The number of hydrogen-bond donors (Lipinski definition) is 3. The van der Waals surface area contributed by atoms with E-state index >= 15 is 0 Å². The van der Waals surface area contributed by atoms with Crippen molar-refractivity contribution in [3.05, 3.63) is 59.9 Å². The molecule has 20 heavy (non-hydrogen) atoms. The third-order valence-electron chi connectivity index (χ3n) is 2.50. The van der Waals surface area contributed by atoms with Gasteiger partial charge >= 0.3 is 6.03 Å². The van der Waals surface area contributed by atoms with E-state index in [0.717, 1.165) is 6.07 Å². The maximum atomic E-state index is 13.3. The molecule has 0 aliphatic heterocycles. The van der Waals surface area contributed by atoms with E-state index in [1.54, 1.807) is 12.1 Å². The lowest BCUT2D eigenvalue weighted by Gasteiger charge is -2.08. The second kappa shape index (κ2) is 5.83.